The lowest BCUT2D eigenvalue weighted by molar-refractivity contribution is 0.987. The zero-order valence-electron chi connectivity index (χ0n) is 11.2. The third-order valence-corrected chi connectivity index (χ3v) is 3.21. The van der Waals surface area contributed by atoms with Gasteiger partial charge < -0.3 is 5.32 Å². The van der Waals surface area contributed by atoms with Crippen molar-refractivity contribution in [1.82, 2.24) is 20.2 Å². The average molecular weight is 253 g/mol. The largest absolute Gasteiger partial charge is 0.323 e. The Balaban J connectivity index is 2.06. The molecule has 0 unspecified atom stereocenters. The number of nitrogens with zero attached hydrogens (tertiary/aromatic N) is 3. The molecule has 0 saturated carbocycles. The van der Waals surface area contributed by atoms with Crippen molar-refractivity contribution >= 4 is 22.5 Å². The minimum absolute atomic E-state index is 0.755. The first-order valence-corrected chi connectivity index (χ1v) is 6.17. The number of aromatic nitrogens is 4. The Labute approximate surface area is 111 Å². The number of aromatic amines is 1. The summed E-state index contributed by atoms with van der Waals surface area (Å²) in [7, 11) is 0. The first kappa shape index (κ1) is 11.6. The van der Waals surface area contributed by atoms with Gasteiger partial charge in [0, 0.05) is 16.6 Å². The zero-order valence-corrected chi connectivity index (χ0v) is 11.2. The van der Waals surface area contributed by atoms with Crippen LogP contribution in [0.2, 0.25) is 0 Å². The summed E-state index contributed by atoms with van der Waals surface area (Å²) in [6.07, 6.45) is 0. The van der Waals surface area contributed by atoms with Gasteiger partial charge in [0.1, 0.15) is 11.6 Å². The Morgan fingerprint density at radius 3 is 2.63 bits per heavy atom. The maximum Gasteiger partial charge on any atom is 0.161 e. The first-order chi connectivity index (χ1) is 9.15. The molecule has 2 aromatic heterocycles. The SMILES string of the molecule is Cc1nc(C)c(C)c(Nc2n[nH]c3ccccc23)n1. The average Bonchev–Trinajstić information content (AvgIpc) is 2.79. The van der Waals surface area contributed by atoms with E-state index in [2.05, 4.69) is 25.5 Å². The van der Waals surface area contributed by atoms with Crippen LogP contribution in [0.1, 0.15) is 17.1 Å². The standard InChI is InChI=1S/C14H15N5/c1-8-9(2)15-10(3)16-13(8)17-14-11-6-4-5-7-12(11)18-19-14/h4-7H,1-3H3,(H2,15,16,17,18,19). The van der Waals surface area contributed by atoms with E-state index in [0.29, 0.717) is 0 Å². The molecule has 1 aromatic carbocycles. The molecule has 0 atom stereocenters. The van der Waals surface area contributed by atoms with Gasteiger partial charge in [0.2, 0.25) is 0 Å². The third-order valence-electron chi connectivity index (χ3n) is 3.21. The lowest BCUT2D eigenvalue weighted by Gasteiger charge is -2.09. The highest BCUT2D eigenvalue weighted by molar-refractivity contribution is 5.91. The van der Waals surface area contributed by atoms with Crippen LogP contribution in [0.3, 0.4) is 0 Å². The van der Waals surface area contributed by atoms with Crippen LogP contribution in [-0.2, 0) is 0 Å². The van der Waals surface area contributed by atoms with E-state index in [1.807, 2.05) is 45.0 Å². The smallest absolute Gasteiger partial charge is 0.161 e. The summed E-state index contributed by atoms with van der Waals surface area (Å²) in [6.45, 7) is 5.88. The molecule has 19 heavy (non-hydrogen) atoms. The summed E-state index contributed by atoms with van der Waals surface area (Å²) in [6, 6.07) is 8.00. The molecule has 2 N–H and O–H groups in total. The lowest BCUT2D eigenvalue weighted by Crippen LogP contribution is -2.03. The third kappa shape index (κ3) is 2.03. The van der Waals surface area contributed by atoms with Gasteiger partial charge in [-0.25, -0.2) is 9.97 Å². The molecule has 5 heteroatoms. The summed E-state index contributed by atoms with van der Waals surface area (Å²) in [5.41, 5.74) is 3.03. The predicted molar refractivity (Wildman–Crippen MR) is 75.6 cm³/mol. The molecule has 0 amide bonds. The van der Waals surface area contributed by atoms with Crippen molar-refractivity contribution in [2.45, 2.75) is 20.8 Å². The highest BCUT2D eigenvalue weighted by atomic mass is 15.2. The van der Waals surface area contributed by atoms with Crippen molar-refractivity contribution in [2.24, 2.45) is 0 Å². The van der Waals surface area contributed by atoms with E-state index in [4.69, 9.17) is 0 Å². The lowest BCUT2D eigenvalue weighted by atomic mass is 10.2. The monoisotopic (exact) mass is 253 g/mol. The fourth-order valence-corrected chi connectivity index (χ4v) is 2.06. The van der Waals surface area contributed by atoms with Crippen molar-refractivity contribution in [3.8, 4) is 0 Å². The van der Waals surface area contributed by atoms with Crippen LogP contribution in [-0.4, -0.2) is 20.2 Å². The number of fused-ring (bicyclic) bond motifs is 1. The van der Waals surface area contributed by atoms with E-state index in [-0.39, 0.29) is 0 Å². The maximum atomic E-state index is 4.44. The molecule has 0 aliphatic carbocycles. The topological polar surface area (TPSA) is 66.5 Å². The highest BCUT2D eigenvalue weighted by Crippen LogP contribution is 2.24. The van der Waals surface area contributed by atoms with Gasteiger partial charge in [-0.3, -0.25) is 5.10 Å². The van der Waals surface area contributed by atoms with Crippen molar-refractivity contribution in [3.63, 3.8) is 0 Å². The van der Waals surface area contributed by atoms with Crippen LogP contribution in [0.4, 0.5) is 11.6 Å². The van der Waals surface area contributed by atoms with Gasteiger partial charge in [0.05, 0.1) is 5.52 Å². The number of hydrogen-bond acceptors (Lipinski definition) is 4. The Morgan fingerprint density at radius 1 is 1.00 bits per heavy atom. The number of H-pyrrole nitrogens is 1. The molecule has 0 spiro atoms. The van der Waals surface area contributed by atoms with E-state index in [1.165, 1.54) is 0 Å². The molecule has 0 fully saturated rings. The van der Waals surface area contributed by atoms with Gasteiger partial charge in [-0.2, -0.15) is 5.10 Å². The van der Waals surface area contributed by atoms with Gasteiger partial charge in [-0.15, -0.1) is 0 Å². The predicted octanol–water partition coefficient (Wildman–Crippen LogP) is 3.02. The summed E-state index contributed by atoms with van der Waals surface area (Å²) in [5, 5.41) is 11.6. The molecule has 3 aromatic rings. The number of hydrogen-bond donors (Lipinski definition) is 2. The van der Waals surface area contributed by atoms with Crippen LogP contribution in [0.15, 0.2) is 24.3 Å². The quantitative estimate of drug-likeness (QED) is 0.736. The zero-order chi connectivity index (χ0) is 13.4. The minimum atomic E-state index is 0.755. The van der Waals surface area contributed by atoms with Crippen LogP contribution >= 0.6 is 0 Å². The van der Waals surface area contributed by atoms with E-state index >= 15 is 0 Å². The van der Waals surface area contributed by atoms with Crippen LogP contribution in [0.5, 0.6) is 0 Å². The molecule has 3 rings (SSSR count). The van der Waals surface area contributed by atoms with Gasteiger partial charge in [0.25, 0.3) is 0 Å². The molecule has 0 radical (unpaired) electrons. The second kappa shape index (κ2) is 4.35. The molecular formula is C14H15N5. The molecule has 0 aliphatic rings. The van der Waals surface area contributed by atoms with E-state index in [1.54, 1.807) is 0 Å². The van der Waals surface area contributed by atoms with E-state index < -0.39 is 0 Å². The molecule has 0 bridgehead atoms. The summed E-state index contributed by atoms with van der Waals surface area (Å²) in [4.78, 5) is 8.79. The Bertz CT molecular complexity index is 745. The number of nitrogens with one attached hydrogen (secondary N) is 2. The van der Waals surface area contributed by atoms with Crippen LogP contribution in [0, 0.1) is 20.8 Å². The van der Waals surface area contributed by atoms with Gasteiger partial charge in [-0.1, -0.05) is 12.1 Å². The molecule has 2 heterocycles. The van der Waals surface area contributed by atoms with E-state index in [0.717, 1.165) is 39.6 Å². The van der Waals surface area contributed by atoms with Gasteiger partial charge in [0.15, 0.2) is 5.82 Å². The Morgan fingerprint density at radius 2 is 1.79 bits per heavy atom. The van der Waals surface area contributed by atoms with Gasteiger partial charge in [-0.05, 0) is 32.9 Å². The van der Waals surface area contributed by atoms with Crippen molar-refractivity contribution in [3.05, 3.63) is 41.3 Å². The van der Waals surface area contributed by atoms with Gasteiger partial charge >= 0.3 is 0 Å². The number of anilines is 2. The summed E-state index contributed by atoms with van der Waals surface area (Å²) in [5.74, 6) is 2.35. The number of rotatable bonds is 2. The highest BCUT2D eigenvalue weighted by Gasteiger charge is 2.10. The normalized spacial score (nSPS) is 10.9. The molecule has 0 saturated heterocycles. The number of para-hydroxylation sites is 1. The minimum Gasteiger partial charge on any atom is -0.323 e. The molecular weight excluding hydrogens is 238 g/mol. The second-order valence-electron chi connectivity index (χ2n) is 4.57. The summed E-state index contributed by atoms with van der Waals surface area (Å²) >= 11 is 0. The molecule has 5 nitrogen and oxygen atoms in total. The number of aryl methyl sites for hydroxylation is 2. The van der Waals surface area contributed by atoms with E-state index in [9.17, 15) is 0 Å². The van der Waals surface area contributed by atoms with Crippen molar-refractivity contribution < 1.29 is 0 Å². The fourth-order valence-electron chi connectivity index (χ4n) is 2.06. The summed E-state index contributed by atoms with van der Waals surface area (Å²) < 4.78 is 0. The molecule has 0 aliphatic heterocycles. The molecule has 96 valence electrons. The van der Waals surface area contributed by atoms with Crippen LogP contribution < -0.4 is 5.32 Å². The maximum absolute atomic E-state index is 4.44. The first-order valence-electron chi connectivity index (χ1n) is 6.17. The van der Waals surface area contributed by atoms with Crippen molar-refractivity contribution in [1.29, 1.82) is 0 Å². The Hall–Kier alpha value is -2.43. The Kier molecular flexibility index (Phi) is 2.67. The second-order valence-corrected chi connectivity index (χ2v) is 4.57. The number of benzene rings is 1. The van der Waals surface area contributed by atoms with Crippen molar-refractivity contribution in [2.75, 3.05) is 5.32 Å². The van der Waals surface area contributed by atoms with Crippen LogP contribution in [0.25, 0.3) is 10.9 Å². The fraction of sp³-hybridized carbons (Fsp3) is 0.214.